The zero-order valence-corrected chi connectivity index (χ0v) is 13.3. The molecule has 1 aromatic rings. The smallest absolute Gasteiger partial charge is 0.306 e. The average molecular weight is 338 g/mol. The lowest BCUT2D eigenvalue weighted by Crippen LogP contribution is -2.46. The van der Waals surface area contributed by atoms with Crippen LogP contribution in [0.15, 0.2) is 29.2 Å². The van der Waals surface area contributed by atoms with E-state index in [-0.39, 0.29) is 24.6 Å². The van der Waals surface area contributed by atoms with Crippen molar-refractivity contribution < 1.29 is 24.2 Å². The summed E-state index contributed by atoms with van der Waals surface area (Å²) < 4.78 is 5.37. The summed E-state index contributed by atoms with van der Waals surface area (Å²) in [5, 5.41) is 8.84. The summed E-state index contributed by atoms with van der Waals surface area (Å²) >= 11 is 1.21. The SMILES string of the molecule is NC(=O)CSc1ccccc1C(=O)N1CCOC(CC(=O)O)C1. The maximum Gasteiger partial charge on any atom is 0.306 e. The summed E-state index contributed by atoms with van der Waals surface area (Å²) in [6, 6.07) is 6.98. The molecule has 8 heteroatoms. The highest BCUT2D eigenvalue weighted by molar-refractivity contribution is 8.00. The first-order valence-corrected chi connectivity index (χ1v) is 8.08. The number of ether oxygens (including phenoxy) is 1. The number of nitrogens with two attached hydrogens (primary N) is 1. The van der Waals surface area contributed by atoms with Crippen LogP contribution in [-0.2, 0) is 14.3 Å². The third kappa shape index (κ3) is 4.97. The van der Waals surface area contributed by atoms with Gasteiger partial charge in [0.25, 0.3) is 5.91 Å². The van der Waals surface area contributed by atoms with Crippen molar-refractivity contribution >= 4 is 29.5 Å². The highest BCUT2D eigenvalue weighted by Gasteiger charge is 2.27. The van der Waals surface area contributed by atoms with Gasteiger partial charge in [-0.05, 0) is 12.1 Å². The molecule has 1 unspecified atom stereocenters. The summed E-state index contributed by atoms with van der Waals surface area (Å²) in [4.78, 5) is 36.7. The maximum absolute atomic E-state index is 12.7. The van der Waals surface area contributed by atoms with Gasteiger partial charge in [-0.2, -0.15) is 0 Å². The molecule has 124 valence electrons. The Morgan fingerprint density at radius 2 is 2.09 bits per heavy atom. The predicted octanol–water partition coefficient (Wildman–Crippen LogP) is 0.580. The highest BCUT2D eigenvalue weighted by atomic mass is 32.2. The molecule has 0 bridgehead atoms. The molecule has 1 aromatic carbocycles. The summed E-state index contributed by atoms with van der Waals surface area (Å²) in [7, 11) is 0. The summed E-state index contributed by atoms with van der Waals surface area (Å²) in [5.74, 6) is -1.52. The molecule has 1 atom stereocenters. The van der Waals surface area contributed by atoms with Gasteiger partial charge in [0.05, 0.1) is 30.4 Å². The Bertz CT molecular complexity index is 607. The molecule has 2 amide bonds. The molecule has 3 N–H and O–H groups in total. The van der Waals surface area contributed by atoms with Crippen LogP contribution in [0.1, 0.15) is 16.8 Å². The number of primary amides is 1. The molecule has 7 nitrogen and oxygen atoms in total. The van der Waals surface area contributed by atoms with E-state index in [0.717, 1.165) is 0 Å². The number of hydrogen-bond donors (Lipinski definition) is 2. The maximum atomic E-state index is 12.7. The number of hydrogen-bond acceptors (Lipinski definition) is 5. The van der Waals surface area contributed by atoms with Crippen LogP contribution >= 0.6 is 11.8 Å². The van der Waals surface area contributed by atoms with Crippen molar-refractivity contribution in [2.24, 2.45) is 5.73 Å². The first-order valence-electron chi connectivity index (χ1n) is 7.10. The normalized spacial score (nSPS) is 17.7. The molecule has 0 aromatic heterocycles. The van der Waals surface area contributed by atoms with Crippen molar-refractivity contribution in [1.29, 1.82) is 0 Å². The lowest BCUT2D eigenvalue weighted by atomic mass is 10.1. The molecule has 1 fully saturated rings. The van der Waals surface area contributed by atoms with Gasteiger partial charge in [-0.25, -0.2) is 0 Å². The van der Waals surface area contributed by atoms with Gasteiger partial charge >= 0.3 is 5.97 Å². The van der Waals surface area contributed by atoms with Crippen LogP contribution in [0.4, 0.5) is 0 Å². The Morgan fingerprint density at radius 1 is 1.35 bits per heavy atom. The fraction of sp³-hybridized carbons (Fsp3) is 0.400. The number of rotatable bonds is 6. The molecule has 0 radical (unpaired) electrons. The Morgan fingerprint density at radius 3 is 2.78 bits per heavy atom. The van der Waals surface area contributed by atoms with E-state index in [1.165, 1.54) is 11.8 Å². The molecule has 2 rings (SSSR count). The first kappa shape index (κ1) is 17.3. The van der Waals surface area contributed by atoms with Crippen molar-refractivity contribution in [3.05, 3.63) is 29.8 Å². The van der Waals surface area contributed by atoms with E-state index in [9.17, 15) is 14.4 Å². The molecule has 23 heavy (non-hydrogen) atoms. The Hall–Kier alpha value is -2.06. The quantitative estimate of drug-likeness (QED) is 0.734. The van der Waals surface area contributed by atoms with E-state index in [1.54, 1.807) is 29.2 Å². The number of thioether (sulfide) groups is 1. The van der Waals surface area contributed by atoms with Gasteiger partial charge in [-0.1, -0.05) is 12.1 Å². The second-order valence-corrected chi connectivity index (χ2v) is 6.11. The minimum absolute atomic E-state index is 0.0923. The summed E-state index contributed by atoms with van der Waals surface area (Å²) in [5.41, 5.74) is 5.63. The number of carboxylic acids is 1. The van der Waals surface area contributed by atoms with Gasteiger partial charge < -0.3 is 20.5 Å². The minimum atomic E-state index is -0.957. The standard InChI is InChI=1S/C15H18N2O5S/c16-13(18)9-23-12-4-2-1-3-11(12)15(21)17-5-6-22-10(8-17)7-14(19)20/h1-4,10H,5-9H2,(H2,16,18)(H,19,20). The zero-order chi connectivity index (χ0) is 16.8. The van der Waals surface area contributed by atoms with E-state index in [1.807, 2.05) is 0 Å². The van der Waals surface area contributed by atoms with E-state index in [2.05, 4.69) is 0 Å². The molecule has 1 saturated heterocycles. The molecule has 1 aliphatic heterocycles. The molecule has 1 aliphatic rings. The van der Waals surface area contributed by atoms with Gasteiger partial charge in [-0.3, -0.25) is 14.4 Å². The average Bonchev–Trinajstić information content (AvgIpc) is 2.52. The monoisotopic (exact) mass is 338 g/mol. The third-order valence-electron chi connectivity index (χ3n) is 3.32. The van der Waals surface area contributed by atoms with E-state index in [4.69, 9.17) is 15.6 Å². The fourth-order valence-corrected chi connectivity index (χ4v) is 3.09. The Balaban J connectivity index is 2.10. The number of amides is 2. The van der Waals surface area contributed by atoms with Crippen LogP contribution in [0.25, 0.3) is 0 Å². The van der Waals surface area contributed by atoms with E-state index >= 15 is 0 Å². The summed E-state index contributed by atoms with van der Waals surface area (Å²) in [6.07, 6.45) is -0.641. The number of benzene rings is 1. The summed E-state index contributed by atoms with van der Waals surface area (Å²) in [6.45, 7) is 0.948. The molecule has 0 spiro atoms. The second kappa shape index (κ2) is 7.98. The largest absolute Gasteiger partial charge is 0.481 e. The molecule has 1 heterocycles. The van der Waals surface area contributed by atoms with Crippen molar-refractivity contribution in [3.63, 3.8) is 0 Å². The third-order valence-corrected chi connectivity index (χ3v) is 4.41. The van der Waals surface area contributed by atoms with Crippen molar-refractivity contribution in [1.82, 2.24) is 4.90 Å². The van der Waals surface area contributed by atoms with Crippen LogP contribution in [0.2, 0.25) is 0 Å². The fourth-order valence-electron chi connectivity index (χ4n) is 2.31. The Labute approximate surface area is 137 Å². The van der Waals surface area contributed by atoms with Crippen molar-refractivity contribution in [2.45, 2.75) is 17.4 Å². The zero-order valence-electron chi connectivity index (χ0n) is 12.4. The minimum Gasteiger partial charge on any atom is -0.481 e. The Kier molecular flexibility index (Phi) is 6.00. The lowest BCUT2D eigenvalue weighted by Gasteiger charge is -2.32. The van der Waals surface area contributed by atoms with Crippen LogP contribution < -0.4 is 5.73 Å². The second-order valence-electron chi connectivity index (χ2n) is 5.09. The molecule has 0 aliphatic carbocycles. The molecular weight excluding hydrogens is 320 g/mol. The van der Waals surface area contributed by atoms with Gasteiger partial charge in [0, 0.05) is 18.0 Å². The van der Waals surface area contributed by atoms with Crippen LogP contribution in [0.5, 0.6) is 0 Å². The van der Waals surface area contributed by atoms with Gasteiger partial charge in [0.15, 0.2) is 0 Å². The number of carboxylic acid groups (broad SMARTS) is 1. The number of aliphatic carboxylic acids is 1. The van der Waals surface area contributed by atoms with Crippen LogP contribution in [-0.4, -0.2) is 59.3 Å². The van der Waals surface area contributed by atoms with Crippen molar-refractivity contribution in [3.8, 4) is 0 Å². The molecule has 0 saturated carbocycles. The number of carbonyl (C=O) groups excluding carboxylic acids is 2. The lowest BCUT2D eigenvalue weighted by molar-refractivity contribution is -0.141. The topological polar surface area (TPSA) is 110 Å². The van der Waals surface area contributed by atoms with Gasteiger partial charge in [-0.15, -0.1) is 11.8 Å². The number of nitrogens with zero attached hydrogens (tertiary/aromatic N) is 1. The number of carbonyl (C=O) groups is 3. The van der Waals surface area contributed by atoms with Gasteiger partial charge in [0.2, 0.25) is 5.91 Å². The number of morpholine rings is 1. The van der Waals surface area contributed by atoms with Crippen molar-refractivity contribution in [2.75, 3.05) is 25.4 Å². The predicted molar refractivity (Wildman–Crippen MR) is 84.3 cm³/mol. The molecular formula is C15H18N2O5S. The highest BCUT2D eigenvalue weighted by Crippen LogP contribution is 2.24. The van der Waals surface area contributed by atoms with Crippen LogP contribution in [0.3, 0.4) is 0 Å². The first-order chi connectivity index (χ1) is 11.0. The van der Waals surface area contributed by atoms with Crippen LogP contribution in [0, 0.1) is 0 Å². The van der Waals surface area contributed by atoms with Gasteiger partial charge in [0.1, 0.15) is 0 Å². The van der Waals surface area contributed by atoms with E-state index in [0.29, 0.717) is 23.6 Å². The van der Waals surface area contributed by atoms with E-state index < -0.39 is 18.0 Å².